The van der Waals surface area contributed by atoms with Crippen molar-refractivity contribution in [3.05, 3.63) is 164 Å². The minimum atomic E-state index is -1.30. The Labute approximate surface area is 478 Å². The van der Waals surface area contributed by atoms with Crippen molar-refractivity contribution in [2.75, 3.05) is 61.0 Å². The Hall–Kier alpha value is -8.66. The van der Waals surface area contributed by atoms with Gasteiger partial charge in [0.2, 0.25) is 11.8 Å². The smallest absolute Gasteiger partial charge is 0.258 e. The van der Waals surface area contributed by atoms with Gasteiger partial charge in [0.1, 0.15) is 23.6 Å². The highest BCUT2D eigenvalue weighted by Crippen LogP contribution is 2.41. The van der Waals surface area contributed by atoms with Crippen molar-refractivity contribution in [3.8, 4) is 23.6 Å². The highest BCUT2D eigenvalue weighted by atomic mass is 79.9. The molecule has 9 rings (SSSR count). The number of nitrogens with zero attached hydrogens (tertiary/aromatic N) is 6. The van der Waals surface area contributed by atoms with Crippen LogP contribution in [0, 0.1) is 22.7 Å². The Morgan fingerprint density at radius 3 is 1.40 bits per heavy atom. The molecule has 4 atom stereocenters. The van der Waals surface area contributed by atoms with Gasteiger partial charge in [0.25, 0.3) is 23.6 Å². The van der Waals surface area contributed by atoms with Crippen molar-refractivity contribution in [1.82, 2.24) is 21.3 Å². The molecule has 0 bridgehead atoms. The number of rotatable bonds is 14. The van der Waals surface area contributed by atoms with Crippen LogP contribution in [-0.4, -0.2) is 101 Å². The van der Waals surface area contributed by atoms with Crippen LogP contribution in [0.25, 0.3) is 21.5 Å². The van der Waals surface area contributed by atoms with Gasteiger partial charge in [-0.3, -0.25) is 28.8 Å². The van der Waals surface area contributed by atoms with E-state index in [2.05, 4.69) is 65.3 Å². The van der Waals surface area contributed by atoms with E-state index in [9.17, 15) is 20.1 Å². The molecule has 2 heterocycles. The highest BCUT2D eigenvalue weighted by molar-refractivity contribution is 9.10. The fourth-order valence-corrected chi connectivity index (χ4v) is 10.7. The molecule has 0 fully saturated rings. The van der Waals surface area contributed by atoms with Crippen LogP contribution >= 0.6 is 31.9 Å². The molecule has 0 aromatic heterocycles. The topological polar surface area (TPSA) is 230 Å². The van der Waals surface area contributed by atoms with E-state index in [1.807, 2.05) is 48.5 Å². The van der Waals surface area contributed by atoms with E-state index in [1.165, 1.54) is 76.3 Å². The predicted molar refractivity (Wildman–Crippen MR) is 312 cm³/mol. The van der Waals surface area contributed by atoms with Crippen LogP contribution in [0.3, 0.4) is 0 Å². The van der Waals surface area contributed by atoms with Crippen molar-refractivity contribution in [3.63, 3.8) is 0 Å². The van der Waals surface area contributed by atoms with Gasteiger partial charge in [-0.05, 0) is 147 Å². The Morgan fingerprint density at radius 2 is 0.975 bits per heavy atom. The zero-order chi connectivity index (χ0) is 57.1. The molecule has 0 saturated carbocycles. The number of ether oxygens (including phenoxy) is 2. The first kappa shape index (κ1) is 56.1. The average Bonchev–Trinajstić information content (AvgIpc) is 3.73. The second kappa shape index (κ2) is 23.7. The second-order valence-electron chi connectivity index (χ2n) is 19.3. The van der Waals surface area contributed by atoms with Crippen LogP contribution in [-0.2, 0) is 32.3 Å². The molecule has 80 heavy (non-hydrogen) atoms. The number of nitrogens with one attached hydrogen (secondary N) is 4. The van der Waals surface area contributed by atoms with Gasteiger partial charge in [-0.2, -0.15) is 10.5 Å². The summed E-state index contributed by atoms with van der Waals surface area (Å²) in [6.45, 7) is 2.47. The van der Waals surface area contributed by atoms with Crippen LogP contribution in [0.1, 0.15) is 56.8 Å². The fourth-order valence-electron chi connectivity index (χ4n) is 9.97. The van der Waals surface area contributed by atoms with Gasteiger partial charge in [0.15, 0.2) is 0 Å². The number of hydrogen-bond donors (Lipinski definition) is 4. The summed E-state index contributed by atoms with van der Waals surface area (Å²) < 4.78 is 13.4. The Morgan fingerprint density at radius 1 is 0.562 bits per heavy atom. The van der Waals surface area contributed by atoms with Crippen LogP contribution in [0.4, 0.5) is 22.7 Å². The van der Waals surface area contributed by atoms with E-state index >= 15 is 19.2 Å². The number of carbonyl (C=O) groups excluding carboxylic acids is 6. The van der Waals surface area contributed by atoms with Gasteiger partial charge in [-0.25, -0.2) is 0 Å². The molecule has 0 spiro atoms. The first-order valence-corrected chi connectivity index (χ1v) is 27.0. The molecule has 7 aromatic carbocycles. The minimum Gasteiger partial charge on any atom is -0.496 e. The van der Waals surface area contributed by atoms with E-state index in [0.717, 1.165) is 30.5 Å². The molecule has 2 aliphatic rings. The van der Waals surface area contributed by atoms with E-state index in [-0.39, 0.29) is 71.2 Å². The number of anilines is 4. The second-order valence-corrected chi connectivity index (χ2v) is 21.1. The van der Waals surface area contributed by atoms with Gasteiger partial charge in [0, 0.05) is 31.2 Å². The summed E-state index contributed by atoms with van der Waals surface area (Å²) in [5, 5.41) is 35.2. The monoisotopic (exact) mass is 1200 g/mol. The summed E-state index contributed by atoms with van der Waals surface area (Å²) in [6.07, 6.45) is 0. The van der Waals surface area contributed by atoms with Gasteiger partial charge in [0.05, 0.1) is 98.5 Å². The molecule has 0 aliphatic carbocycles. The first-order chi connectivity index (χ1) is 38.5. The third-order valence-corrected chi connectivity index (χ3v) is 15.5. The van der Waals surface area contributed by atoms with Crippen molar-refractivity contribution in [1.29, 1.82) is 10.5 Å². The molecule has 2 aliphatic heterocycles. The highest BCUT2D eigenvalue weighted by Gasteiger charge is 2.41. The Kier molecular flexibility index (Phi) is 16.6. The Balaban J connectivity index is 1.11. The van der Waals surface area contributed by atoms with Gasteiger partial charge in [-0.15, -0.1) is 0 Å². The number of benzene rings is 7. The van der Waals surface area contributed by atoms with Crippen LogP contribution in [0.2, 0.25) is 0 Å². The third kappa shape index (κ3) is 11.0. The lowest BCUT2D eigenvalue weighted by Gasteiger charge is -2.27. The molecule has 0 unspecified atom stereocenters. The quantitative estimate of drug-likeness (QED) is 0.0816. The molecule has 0 saturated heterocycles. The summed E-state index contributed by atoms with van der Waals surface area (Å²) >= 11 is 7.10. The summed E-state index contributed by atoms with van der Waals surface area (Å²) in [5.74, 6) is -2.32. The minimum absolute atomic E-state index is 0.0535. The van der Waals surface area contributed by atoms with Crippen LogP contribution < -0.4 is 50.3 Å². The van der Waals surface area contributed by atoms with E-state index < -0.39 is 59.6 Å². The predicted octanol–water partition coefficient (Wildman–Crippen LogP) is 7.85. The van der Waals surface area contributed by atoms with Crippen LogP contribution in [0.5, 0.6) is 11.5 Å². The number of methoxy groups -OCH3 is 2. The molecule has 18 nitrogen and oxygen atoms in total. The maximum atomic E-state index is 15.2. The van der Waals surface area contributed by atoms with Crippen molar-refractivity contribution in [2.24, 2.45) is 0 Å². The summed E-state index contributed by atoms with van der Waals surface area (Å²) in [7, 11) is 6.27. The maximum Gasteiger partial charge on any atom is 0.258 e. The number of hydrogen-bond acceptors (Lipinski definition) is 12. The molecule has 7 aromatic rings. The molecule has 0 radical (unpaired) electrons. The van der Waals surface area contributed by atoms with E-state index in [4.69, 9.17) is 9.47 Å². The number of likely N-dealkylation sites (N-methyl/N-ethyl adjacent to an activating group) is 2. The Bertz CT molecular complexity index is 3750. The first-order valence-electron chi connectivity index (χ1n) is 25.4. The molecule has 20 heteroatoms. The number of fused-ring (bicyclic) bond motifs is 4. The normalized spacial score (nSPS) is 15.9. The summed E-state index contributed by atoms with van der Waals surface area (Å²) in [4.78, 5) is 93.6. The van der Waals surface area contributed by atoms with Crippen LogP contribution in [0.15, 0.2) is 130 Å². The van der Waals surface area contributed by atoms with Gasteiger partial charge in [-0.1, -0.05) is 56.1 Å². The lowest BCUT2D eigenvalue weighted by molar-refractivity contribution is -0.128. The molecule has 4 N–H and O–H groups in total. The lowest BCUT2D eigenvalue weighted by atomic mass is 10.0. The zero-order valence-electron chi connectivity index (χ0n) is 44.4. The largest absolute Gasteiger partial charge is 0.496 e. The summed E-state index contributed by atoms with van der Waals surface area (Å²) in [6, 6.07) is 34.3. The number of nitriles is 2. The molecular weight excluding hydrogens is 1150 g/mol. The molecular formula is C60H54Br2N10O8. The SMILES string of the molecule is CN[C@@H](C)C(=O)N[C@H]1CN(C(=O)c2ccc(C(=O)N3C[C@H](NC(=O)[C@H](C)NC)C(=O)N(Cc4c(OC)ccc5cc(Br)ccc45)c4cc(C#N)ccc43)cc2)c2cc(C#N)ccc2N(Cc2c(OC)ccc3cc(Br)ccc23)C1=O. The van der Waals surface area contributed by atoms with E-state index in [0.29, 0.717) is 22.6 Å². The van der Waals surface area contributed by atoms with Crippen molar-refractivity contribution >= 4 is 112 Å². The zero-order valence-corrected chi connectivity index (χ0v) is 47.6. The standard InChI is InChI=1S/C60H54Br2N10O8/c1-33(65-3)55(73)67-47-31-71(50-20-8-35(27-63)23-51(50)70(60(47)78)30-46-44-18-16-42(62)26-40(44)14-22-54(46)80-6)57(75)37-9-11-38(12-10-37)58(76)72-32-48(68-56(74)34(2)66-4)59(77)69(49-19-7-36(28-64)24-52(49)72)29-45-43-17-15-41(61)25-39(43)13-21-53(45)79-5/h7-26,33-34,47-48,65-66H,29-32H2,1-6H3,(H,67,73)(H,68,74)/t33-,34-,47-,48-/m0/s1. The molecule has 6 amide bonds. The van der Waals surface area contributed by atoms with Crippen molar-refractivity contribution in [2.45, 2.75) is 51.1 Å². The third-order valence-electron chi connectivity index (χ3n) is 14.6. The number of carbonyl (C=O) groups is 6. The average molecular weight is 1200 g/mol. The van der Waals surface area contributed by atoms with Gasteiger partial charge >= 0.3 is 0 Å². The number of halogens is 2. The number of amides is 6. The fraction of sp³-hybridized carbons (Fsp3) is 0.233. The maximum absolute atomic E-state index is 15.2. The van der Waals surface area contributed by atoms with Crippen molar-refractivity contribution < 1.29 is 38.2 Å². The lowest BCUT2D eigenvalue weighted by Crippen LogP contribution is -2.55. The summed E-state index contributed by atoms with van der Waals surface area (Å²) in [5.41, 5.74) is 2.87. The molecule has 406 valence electrons. The van der Waals surface area contributed by atoms with E-state index in [1.54, 1.807) is 58.3 Å². The van der Waals surface area contributed by atoms with Gasteiger partial charge < -0.3 is 50.3 Å².